The first kappa shape index (κ1) is 11.2. The van der Waals surface area contributed by atoms with E-state index in [9.17, 15) is 4.79 Å². The summed E-state index contributed by atoms with van der Waals surface area (Å²) in [6.45, 7) is 10.0. The summed E-state index contributed by atoms with van der Waals surface area (Å²) in [7, 11) is 0. The third-order valence-corrected chi connectivity index (χ3v) is 1.94. The maximum atomic E-state index is 11.2. The molecule has 0 aromatic carbocycles. The molecule has 4 heteroatoms. The van der Waals surface area contributed by atoms with E-state index in [4.69, 9.17) is 0 Å². The topological polar surface area (TPSA) is 46.9 Å². The Morgan fingerprint density at radius 2 is 2.47 bits per heavy atom. The second kappa shape index (κ2) is 5.14. The summed E-state index contributed by atoms with van der Waals surface area (Å²) in [6, 6.07) is 0. The lowest BCUT2D eigenvalue weighted by Gasteiger charge is -2.06. The quantitative estimate of drug-likeness (QED) is 0.581. The standard InChI is InChI=1S/C11H15N3O/c1-4-5-14-8-12-6-10(14)7-13-11(15)9(2)3/h4,6,8H,1-2,5,7H2,3H3,(H,13,15). The first-order chi connectivity index (χ1) is 7.15. The third kappa shape index (κ3) is 3.09. The van der Waals surface area contributed by atoms with Gasteiger partial charge < -0.3 is 9.88 Å². The van der Waals surface area contributed by atoms with Crippen LogP contribution in [0.2, 0.25) is 0 Å². The number of amides is 1. The summed E-state index contributed by atoms with van der Waals surface area (Å²) in [4.78, 5) is 15.3. The first-order valence-electron chi connectivity index (χ1n) is 4.68. The highest BCUT2D eigenvalue weighted by Gasteiger charge is 2.04. The van der Waals surface area contributed by atoms with Gasteiger partial charge in [0, 0.05) is 18.3 Å². The van der Waals surface area contributed by atoms with Crippen LogP contribution in [0.4, 0.5) is 0 Å². The van der Waals surface area contributed by atoms with E-state index < -0.39 is 0 Å². The zero-order chi connectivity index (χ0) is 11.3. The Kier molecular flexibility index (Phi) is 3.85. The predicted molar refractivity (Wildman–Crippen MR) is 59.1 cm³/mol. The van der Waals surface area contributed by atoms with Crippen LogP contribution in [0.25, 0.3) is 0 Å². The van der Waals surface area contributed by atoms with Crippen LogP contribution >= 0.6 is 0 Å². The van der Waals surface area contributed by atoms with Crippen molar-refractivity contribution in [2.75, 3.05) is 0 Å². The van der Waals surface area contributed by atoms with E-state index in [1.165, 1.54) is 0 Å². The van der Waals surface area contributed by atoms with Crippen LogP contribution in [-0.4, -0.2) is 15.5 Å². The van der Waals surface area contributed by atoms with Gasteiger partial charge in [-0.1, -0.05) is 12.7 Å². The van der Waals surface area contributed by atoms with Crippen LogP contribution in [0, 0.1) is 0 Å². The number of carbonyl (C=O) groups is 1. The molecule has 0 atom stereocenters. The van der Waals surface area contributed by atoms with Crippen molar-refractivity contribution in [2.45, 2.75) is 20.0 Å². The van der Waals surface area contributed by atoms with E-state index in [1.807, 2.05) is 4.57 Å². The minimum Gasteiger partial charge on any atom is -0.347 e. The molecule has 0 bridgehead atoms. The molecule has 1 amide bonds. The van der Waals surface area contributed by atoms with Crippen molar-refractivity contribution in [3.8, 4) is 0 Å². The zero-order valence-electron chi connectivity index (χ0n) is 8.86. The van der Waals surface area contributed by atoms with Gasteiger partial charge in [0.2, 0.25) is 5.91 Å². The van der Waals surface area contributed by atoms with Crippen LogP contribution in [0.5, 0.6) is 0 Å². The van der Waals surface area contributed by atoms with Crippen molar-refractivity contribution in [3.05, 3.63) is 43.0 Å². The number of imidazole rings is 1. The maximum absolute atomic E-state index is 11.2. The smallest absolute Gasteiger partial charge is 0.246 e. The number of allylic oxidation sites excluding steroid dienone is 1. The summed E-state index contributed by atoms with van der Waals surface area (Å²) in [5.74, 6) is -0.138. The van der Waals surface area contributed by atoms with E-state index in [2.05, 4.69) is 23.5 Å². The number of nitrogens with zero attached hydrogens (tertiary/aromatic N) is 2. The van der Waals surface area contributed by atoms with Crippen LogP contribution in [0.15, 0.2) is 37.3 Å². The minimum absolute atomic E-state index is 0.138. The molecule has 0 radical (unpaired) electrons. The second-order valence-corrected chi connectivity index (χ2v) is 3.29. The average molecular weight is 205 g/mol. The lowest BCUT2D eigenvalue weighted by molar-refractivity contribution is -0.117. The minimum atomic E-state index is -0.138. The van der Waals surface area contributed by atoms with Gasteiger partial charge in [-0.15, -0.1) is 6.58 Å². The SMILES string of the molecule is C=CCn1cncc1CNC(=O)C(=C)C. The molecule has 1 N–H and O–H groups in total. The Morgan fingerprint density at radius 3 is 3.07 bits per heavy atom. The fraction of sp³-hybridized carbons (Fsp3) is 0.273. The normalized spacial score (nSPS) is 9.67. The first-order valence-corrected chi connectivity index (χ1v) is 4.68. The van der Waals surface area contributed by atoms with Gasteiger partial charge in [0.25, 0.3) is 0 Å². The Labute approximate surface area is 89.3 Å². The van der Waals surface area contributed by atoms with Crippen molar-refractivity contribution in [2.24, 2.45) is 0 Å². The molecule has 1 aromatic rings. The molecular formula is C11H15N3O. The molecule has 1 rings (SSSR count). The lowest BCUT2D eigenvalue weighted by atomic mass is 10.3. The fourth-order valence-electron chi connectivity index (χ4n) is 1.12. The Morgan fingerprint density at radius 1 is 1.73 bits per heavy atom. The maximum Gasteiger partial charge on any atom is 0.246 e. The van der Waals surface area contributed by atoms with Gasteiger partial charge in [-0.25, -0.2) is 4.98 Å². The molecule has 4 nitrogen and oxygen atoms in total. The summed E-state index contributed by atoms with van der Waals surface area (Å²) >= 11 is 0. The molecule has 0 fully saturated rings. The van der Waals surface area contributed by atoms with Crippen molar-refractivity contribution in [1.82, 2.24) is 14.9 Å². The van der Waals surface area contributed by atoms with E-state index >= 15 is 0 Å². The molecular weight excluding hydrogens is 190 g/mol. The van der Waals surface area contributed by atoms with Gasteiger partial charge in [-0.05, 0) is 6.92 Å². The van der Waals surface area contributed by atoms with Crippen LogP contribution in [0.1, 0.15) is 12.6 Å². The number of carbonyl (C=O) groups excluding carboxylic acids is 1. The average Bonchev–Trinajstić information content (AvgIpc) is 2.62. The Balaban J connectivity index is 2.57. The molecule has 0 saturated heterocycles. The van der Waals surface area contributed by atoms with Gasteiger partial charge >= 0.3 is 0 Å². The van der Waals surface area contributed by atoms with Crippen LogP contribution in [-0.2, 0) is 17.9 Å². The van der Waals surface area contributed by atoms with Crippen LogP contribution < -0.4 is 5.32 Å². The van der Waals surface area contributed by atoms with E-state index in [1.54, 1.807) is 25.5 Å². The zero-order valence-corrected chi connectivity index (χ0v) is 8.86. The molecule has 1 aromatic heterocycles. The third-order valence-electron chi connectivity index (χ3n) is 1.94. The molecule has 0 spiro atoms. The number of hydrogen-bond donors (Lipinski definition) is 1. The molecule has 0 aliphatic carbocycles. The van der Waals surface area contributed by atoms with Crippen molar-refractivity contribution < 1.29 is 4.79 Å². The predicted octanol–water partition coefficient (Wildman–Crippen LogP) is 1.26. The van der Waals surface area contributed by atoms with Gasteiger partial charge in [0.1, 0.15) is 0 Å². The monoisotopic (exact) mass is 205 g/mol. The Bertz CT molecular complexity index is 379. The second-order valence-electron chi connectivity index (χ2n) is 3.29. The van der Waals surface area contributed by atoms with E-state index in [-0.39, 0.29) is 5.91 Å². The molecule has 80 valence electrons. The van der Waals surface area contributed by atoms with Gasteiger partial charge in [-0.2, -0.15) is 0 Å². The van der Waals surface area contributed by atoms with Crippen molar-refractivity contribution in [3.63, 3.8) is 0 Å². The molecule has 0 aliphatic rings. The Hall–Kier alpha value is -1.84. The number of nitrogens with one attached hydrogen (secondary N) is 1. The summed E-state index contributed by atoms with van der Waals surface area (Å²) in [6.07, 6.45) is 5.22. The molecule has 0 unspecified atom stereocenters. The molecule has 15 heavy (non-hydrogen) atoms. The molecule has 1 heterocycles. The van der Waals surface area contributed by atoms with Crippen molar-refractivity contribution >= 4 is 5.91 Å². The molecule has 0 aliphatic heterocycles. The summed E-state index contributed by atoms with van der Waals surface area (Å²) in [5, 5.41) is 2.75. The van der Waals surface area contributed by atoms with E-state index in [0.717, 1.165) is 5.69 Å². The highest BCUT2D eigenvalue weighted by atomic mass is 16.1. The van der Waals surface area contributed by atoms with E-state index in [0.29, 0.717) is 18.7 Å². The van der Waals surface area contributed by atoms with Gasteiger partial charge in [0.05, 0.1) is 18.6 Å². The number of rotatable bonds is 5. The van der Waals surface area contributed by atoms with Crippen molar-refractivity contribution in [1.29, 1.82) is 0 Å². The largest absolute Gasteiger partial charge is 0.347 e. The van der Waals surface area contributed by atoms with Gasteiger partial charge in [-0.3, -0.25) is 4.79 Å². The number of hydrogen-bond acceptors (Lipinski definition) is 2. The lowest BCUT2D eigenvalue weighted by Crippen LogP contribution is -2.24. The van der Waals surface area contributed by atoms with Crippen LogP contribution in [0.3, 0.4) is 0 Å². The highest BCUT2D eigenvalue weighted by Crippen LogP contribution is 1.99. The highest BCUT2D eigenvalue weighted by molar-refractivity contribution is 5.91. The summed E-state index contributed by atoms with van der Waals surface area (Å²) in [5.41, 5.74) is 1.45. The molecule has 0 saturated carbocycles. The summed E-state index contributed by atoms with van der Waals surface area (Å²) < 4.78 is 1.92. The number of aromatic nitrogens is 2. The van der Waals surface area contributed by atoms with Gasteiger partial charge in [0.15, 0.2) is 0 Å². The fourth-order valence-corrected chi connectivity index (χ4v) is 1.12.